The van der Waals surface area contributed by atoms with Crippen LogP contribution in [0.25, 0.3) is 22.3 Å². The zero-order chi connectivity index (χ0) is 33.0. The van der Waals surface area contributed by atoms with Crippen LogP contribution in [0.15, 0.2) is 115 Å². The maximum Gasteiger partial charge on any atom is -1.00 e. The molecule has 0 bridgehead atoms. The van der Waals surface area contributed by atoms with Crippen molar-refractivity contribution in [1.29, 1.82) is 0 Å². The molecule has 0 aliphatic heterocycles. The molecule has 1 atom stereocenters. The van der Waals surface area contributed by atoms with E-state index >= 15 is 0 Å². The Morgan fingerprint density at radius 1 is 0.633 bits per heavy atom. The van der Waals surface area contributed by atoms with E-state index in [1.165, 1.54) is 72.4 Å². The Labute approximate surface area is 314 Å². The summed E-state index contributed by atoms with van der Waals surface area (Å²) in [4.78, 5) is 0. The Morgan fingerprint density at radius 2 is 1.16 bits per heavy atom. The average molecular weight is 761 g/mol. The van der Waals surface area contributed by atoms with E-state index in [9.17, 15) is 0 Å². The van der Waals surface area contributed by atoms with Crippen molar-refractivity contribution in [3.8, 4) is 11.1 Å². The predicted molar refractivity (Wildman–Crippen MR) is 199 cm³/mol. The van der Waals surface area contributed by atoms with E-state index in [1.807, 2.05) is 0 Å². The molecule has 0 amide bonds. The molecule has 0 radical (unpaired) electrons. The van der Waals surface area contributed by atoms with Crippen molar-refractivity contribution in [2.24, 2.45) is 5.92 Å². The van der Waals surface area contributed by atoms with Crippen LogP contribution >= 0.6 is 0 Å². The molecule has 0 spiro atoms. The second kappa shape index (κ2) is 12.7. The van der Waals surface area contributed by atoms with Gasteiger partial charge in [-0.05, 0) is 0 Å². The second-order valence-electron chi connectivity index (χ2n) is 15.6. The summed E-state index contributed by atoms with van der Waals surface area (Å²) >= 11 is -2.81. The zero-order valence-electron chi connectivity index (χ0n) is 30.3. The summed E-state index contributed by atoms with van der Waals surface area (Å²) in [6.07, 6.45) is 6.02. The quantitative estimate of drug-likeness (QED) is 0.220. The third-order valence-electron chi connectivity index (χ3n) is 11.8. The van der Waals surface area contributed by atoms with Gasteiger partial charge in [-0.1, -0.05) is 0 Å². The van der Waals surface area contributed by atoms with E-state index in [4.69, 9.17) is 0 Å². The Hall–Kier alpha value is -2.83. The summed E-state index contributed by atoms with van der Waals surface area (Å²) in [5.74, 6) is 0.464. The number of hydrogen-bond donors (Lipinski definition) is 0. The van der Waals surface area contributed by atoms with Crippen molar-refractivity contribution in [2.75, 3.05) is 0 Å². The molecule has 49 heavy (non-hydrogen) atoms. The van der Waals surface area contributed by atoms with Gasteiger partial charge in [0.25, 0.3) is 0 Å². The fourth-order valence-corrected chi connectivity index (χ4v) is 19.5. The molecular formula is C46H46Cl2Zr. The van der Waals surface area contributed by atoms with E-state index in [1.54, 1.807) is 15.3 Å². The first-order chi connectivity index (χ1) is 22.4. The molecule has 0 N–H and O–H groups in total. The molecule has 0 nitrogen and oxygen atoms in total. The van der Waals surface area contributed by atoms with Crippen LogP contribution in [0.4, 0.5) is 0 Å². The first-order valence-corrected chi connectivity index (χ1v) is 21.1. The standard InChI is InChI=1S/C25H25.C13H10.C8H11.2ClH.Zr/c1-14-12-24(3,4)22-8-16-7-17-9-23-19(15(2)13-25(23,5)6)11-21(17)20(16)10-18(14)22;1-3-7-12(8-4-1)11-13-9-5-2-6-10-13;1-6-4-7(2)8(3)5-6;;;/h8-12H,7H2,1-6H3;1-10H;4,6H,1-3H3;2*1H;/q;;;;;+2/p-2. The summed E-state index contributed by atoms with van der Waals surface area (Å²) in [5, 5.41) is 0. The van der Waals surface area contributed by atoms with Gasteiger partial charge in [-0.2, -0.15) is 0 Å². The van der Waals surface area contributed by atoms with Gasteiger partial charge in [-0.3, -0.25) is 0 Å². The van der Waals surface area contributed by atoms with Gasteiger partial charge < -0.3 is 24.8 Å². The van der Waals surface area contributed by atoms with Crippen LogP contribution in [-0.2, 0) is 38.5 Å². The molecule has 1 unspecified atom stereocenters. The van der Waals surface area contributed by atoms with Crippen LogP contribution in [0.1, 0.15) is 107 Å². The molecule has 0 saturated carbocycles. The Bertz CT molecular complexity index is 2150. The molecule has 4 aliphatic carbocycles. The van der Waals surface area contributed by atoms with Crippen LogP contribution in [0.3, 0.4) is 0 Å². The Balaban J connectivity index is 0.00000208. The summed E-state index contributed by atoms with van der Waals surface area (Å²) < 4.78 is 5.12. The fourth-order valence-electron chi connectivity index (χ4n) is 9.52. The largest absolute Gasteiger partial charge is 1.00 e. The summed E-state index contributed by atoms with van der Waals surface area (Å²) in [5.41, 5.74) is 20.7. The van der Waals surface area contributed by atoms with Gasteiger partial charge in [-0.15, -0.1) is 0 Å². The van der Waals surface area contributed by atoms with Crippen molar-refractivity contribution in [3.63, 3.8) is 0 Å². The van der Waals surface area contributed by atoms with Crippen LogP contribution in [0.2, 0.25) is 0 Å². The maximum atomic E-state index is 2.62. The van der Waals surface area contributed by atoms with Crippen molar-refractivity contribution >= 4 is 14.4 Å². The predicted octanol–water partition coefficient (Wildman–Crippen LogP) is 5.74. The molecular weight excluding hydrogens is 715 g/mol. The molecule has 4 aromatic rings. The minimum atomic E-state index is -2.81. The Kier molecular flexibility index (Phi) is 9.36. The second-order valence-corrected chi connectivity index (χ2v) is 21.2. The zero-order valence-corrected chi connectivity index (χ0v) is 34.2. The molecule has 4 aromatic carbocycles. The molecule has 3 heteroatoms. The Morgan fingerprint density at radius 3 is 1.69 bits per heavy atom. The van der Waals surface area contributed by atoms with E-state index < -0.39 is 21.3 Å². The van der Waals surface area contributed by atoms with Gasteiger partial charge in [0, 0.05) is 0 Å². The monoisotopic (exact) mass is 758 g/mol. The van der Waals surface area contributed by atoms with Gasteiger partial charge in [0.1, 0.15) is 0 Å². The third kappa shape index (κ3) is 5.46. The van der Waals surface area contributed by atoms with Crippen LogP contribution in [0.5, 0.6) is 0 Å². The number of halogens is 2. The van der Waals surface area contributed by atoms with Gasteiger partial charge in [-0.25, -0.2) is 0 Å². The van der Waals surface area contributed by atoms with Crippen molar-refractivity contribution in [1.82, 2.24) is 0 Å². The molecule has 8 rings (SSSR count). The summed E-state index contributed by atoms with van der Waals surface area (Å²) in [6.45, 7) is 21.8. The first kappa shape index (κ1) is 36.0. The summed E-state index contributed by atoms with van der Waals surface area (Å²) in [7, 11) is 0. The number of rotatable bonds is 4. The minimum absolute atomic E-state index is 0. The number of hydrogen-bond acceptors (Lipinski definition) is 0. The number of fused-ring (bicyclic) bond motifs is 5. The number of benzene rings is 4. The van der Waals surface area contributed by atoms with E-state index in [-0.39, 0.29) is 35.6 Å². The van der Waals surface area contributed by atoms with Gasteiger partial charge in [0.15, 0.2) is 0 Å². The SMILES string of the molecule is CC1=CC(C)[C]([Zr+2]([C]2=C(C)c3cc4c(cc3C2(C)C)Cc2cc3c(cc2-4)C(C)=CC3(C)C)=[C](c2ccccc2)c2ccccc2)=C1C.[Cl-].[Cl-]. The van der Waals surface area contributed by atoms with E-state index in [0.717, 1.165) is 6.42 Å². The smallest absolute Gasteiger partial charge is 1.00 e. The third-order valence-corrected chi connectivity index (χ3v) is 21.5. The number of allylic oxidation sites excluding steroid dienone is 8. The average Bonchev–Trinajstić information content (AvgIpc) is 3.66. The van der Waals surface area contributed by atoms with Crippen LogP contribution in [-0.4, -0.2) is 3.21 Å². The normalized spacial score (nSPS) is 18.7. The van der Waals surface area contributed by atoms with Crippen LogP contribution < -0.4 is 24.8 Å². The van der Waals surface area contributed by atoms with Crippen molar-refractivity contribution < 1.29 is 46.1 Å². The van der Waals surface area contributed by atoms with Gasteiger partial charge >= 0.3 is 292 Å². The molecule has 0 aromatic heterocycles. The molecule has 0 saturated heterocycles. The topological polar surface area (TPSA) is 0 Å². The molecule has 0 fully saturated rings. The van der Waals surface area contributed by atoms with Crippen molar-refractivity contribution in [3.05, 3.63) is 159 Å². The molecule has 0 heterocycles. The molecule has 248 valence electrons. The van der Waals surface area contributed by atoms with E-state index in [2.05, 4.69) is 159 Å². The van der Waals surface area contributed by atoms with Gasteiger partial charge in [0.2, 0.25) is 0 Å². The minimum Gasteiger partial charge on any atom is -1.00 e. The fraction of sp³-hybridized carbons (Fsp3) is 0.283. The van der Waals surface area contributed by atoms with Gasteiger partial charge in [0.05, 0.1) is 0 Å². The van der Waals surface area contributed by atoms with Crippen molar-refractivity contribution in [2.45, 2.75) is 79.6 Å². The first-order valence-electron chi connectivity index (χ1n) is 17.4. The summed E-state index contributed by atoms with van der Waals surface area (Å²) in [6, 6.07) is 33.0. The molecule has 4 aliphatic rings. The van der Waals surface area contributed by atoms with E-state index in [0.29, 0.717) is 5.92 Å². The maximum absolute atomic E-state index is 2.81. The van der Waals surface area contributed by atoms with Crippen LogP contribution in [0, 0.1) is 5.92 Å².